The molecule has 3 aromatic heterocycles. The van der Waals surface area contributed by atoms with Gasteiger partial charge in [0, 0.05) is 54.4 Å². The highest BCUT2D eigenvalue weighted by molar-refractivity contribution is 6.00. The van der Waals surface area contributed by atoms with Crippen LogP contribution in [0.5, 0.6) is 0 Å². The van der Waals surface area contributed by atoms with Crippen molar-refractivity contribution >= 4 is 76.0 Å². The van der Waals surface area contributed by atoms with Crippen molar-refractivity contribution in [2.75, 3.05) is 13.1 Å². The van der Waals surface area contributed by atoms with Crippen LogP contribution in [0.4, 0.5) is 0 Å². The molecule has 4 aliphatic rings. The number of nitrogens with zero attached hydrogens (tertiary/aromatic N) is 4. The number of aromatic amines is 2. The summed E-state index contributed by atoms with van der Waals surface area (Å²) in [5.74, 6) is -9.57. The van der Waals surface area contributed by atoms with Crippen LogP contribution in [0.25, 0.3) is 16.7 Å². The van der Waals surface area contributed by atoms with E-state index in [-0.39, 0.29) is 93.0 Å². The van der Waals surface area contributed by atoms with Crippen molar-refractivity contribution < 1.29 is 53.1 Å². The van der Waals surface area contributed by atoms with Crippen LogP contribution in [0.3, 0.4) is 0 Å². The van der Waals surface area contributed by atoms with Gasteiger partial charge in [-0.1, -0.05) is 72.9 Å². The normalized spacial score (nSPS) is 23.1. The molecule has 8 rings (SSSR count). The average Bonchev–Trinajstić information content (AvgIpc) is 1.70. The first-order valence-electron chi connectivity index (χ1n) is 29.8. The van der Waals surface area contributed by atoms with Gasteiger partial charge in [-0.25, -0.2) is 14.8 Å². The van der Waals surface area contributed by atoms with E-state index in [4.69, 9.17) is 17.2 Å². The number of carboxylic acid groups (broad SMARTS) is 1. The highest BCUT2D eigenvalue weighted by atomic mass is 16.4. The van der Waals surface area contributed by atoms with Crippen LogP contribution >= 0.6 is 0 Å². The van der Waals surface area contributed by atoms with E-state index in [0.29, 0.717) is 60.1 Å². The maximum absolute atomic E-state index is 15.3. The lowest BCUT2D eigenvalue weighted by molar-refractivity contribution is -0.142. The number of hydrogen-bond acceptors (Lipinski definition) is 14. The van der Waals surface area contributed by atoms with Gasteiger partial charge >= 0.3 is 5.97 Å². The molecule has 11 atom stereocenters. The summed E-state index contributed by atoms with van der Waals surface area (Å²) in [7, 11) is 0. The number of aliphatic carboxylic acids is 1. The molecule has 0 aliphatic carbocycles. The predicted octanol–water partition coefficient (Wildman–Crippen LogP) is -0.792. The third kappa shape index (κ3) is 17.0. The Morgan fingerprint density at radius 3 is 2.22 bits per heavy atom. The van der Waals surface area contributed by atoms with Crippen LogP contribution in [0.1, 0.15) is 140 Å². The molecular formula is C58H84N18O11. The van der Waals surface area contributed by atoms with Crippen LogP contribution in [-0.2, 0) is 60.8 Å². The Labute approximate surface area is 503 Å². The largest absolute Gasteiger partial charge is 0.480 e. The van der Waals surface area contributed by atoms with Crippen LogP contribution in [0.2, 0.25) is 0 Å². The zero-order chi connectivity index (χ0) is 63.2. The van der Waals surface area contributed by atoms with Crippen molar-refractivity contribution in [1.82, 2.24) is 72.4 Å². The van der Waals surface area contributed by atoms with Gasteiger partial charge < -0.3 is 80.1 Å². The van der Waals surface area contributed by atoms with E-state index in [2.05, 4.69) is 72.8 Å². The summed E-state index contributed by atoms with van der Waals surface area (Å²) in [4.78, 5) is 162. The number of amides is 9. The van der Waals surface area contributed by atoms with Crippen LogP contribution < -0.4 is 65.1 Å². The second-order valence-electron chi connectivity index (χ2n) is 23.5. The number of aromatic nitrogens is 5. The minimum atomic E-state index is -1.56. The highest BCUT2D eigenvalue weighted by Gasteiger charge is 2.41. The van der Waals surface area contributed by atoms with Gasteiger partial charge in [0.15, 0.2) is 5.96 Å². The lowest BCUT2D eigenvalue weighted by atomic mass is 9.81. The number of rotatable bonds is 22. The van der Waals surface area contributed by atoms with E-state index in [1.807, 2.05) is 33.8 Å². The van der Waals surface area contributed by atoms with Crippen molar-refractivity contribution in [3.63, 3.8) is 0 Å². The Hall–Kier alpha value is -8.89. The average molecular weight is 1210 g/mol. The van der Waals surface area contributed by atoms with Crippen LogP contribution in [-0.4, -0.2) is 156 Å². The van der Waals surface area contributed by atoms with E-state index in [9.17, 15) is 43.5 Å². The molecule has 472 valence electrons. The predicted molar refractivity (Wildman–Crippen MR) is 319 cm³/mol. The Balaban J connectivity index is 1.37. The molecule has 18 N–H and O–H groups in total. The summed E-state index contributed by atoms with van der Waals surface area (Å²) in [6, 6.07) is -6.69. The molecule has 1 aromatic carbocycles. The van der Waals surface area contributed by atoms with E-state index in [1.54, 1.807) is 36.7 Å². The van der Waals surface area contributed by atoms with Gasteiger partial charge in [0.1, 0.15) is 66.5 Å². The Kier molecular flexibility index (Phi) is 22.6. The number of hydrogen-bond donors (Lipinski definition) is 15. The topological polar surface area (TPSA) is 452 Å². The maximum atomic E-state index is 15.3. The Bertz CT molecular complexity index is 3170. The van der Waals surface area contributed by atoms with E-state index < -0.39 is 119 Å². The summed E-state index contributed by atoms with van der Waals surface area (Å²) >= 11 is 0. The second kappa shape index (κ2) is 30.0. The Morgan fingerprint density at radius 1 is 0.816 bits per heavy atom. The molecule has 1 fully saturated rings. The number of fused-ring (bicyclic) bond motifs is 13. The minimum absolute atomic E-state index is 0.0211. The fraction of sp³-hybridized carbons (Fsp3) is 0.569. The molecule has 29 nitrogen and oxygen atoms in total. The molecule has 9 amide bonds. The summed E-state index contributed by atoms with van der Waals surface area (Å²) in [5.41, 5.74) is 18.8. The number of unbranched alkanes of at least 4 members (excludes halogenated alkanes) is 2. The van der Waals surface area contributed by atoms with Gasteiger partial charge in [-0.3, -0.25) is 52.7 Å². The molecule has 4 aliphatic heterocycles. The molecule has 7 heterocycles. The Morgan fingerprint density at radius 2 is 1.56 bits per heavy atom. The smallest absolute Gasteiger partial charge is 0.326 e. The number of carbonyl (C=O) groups excluding carboxylic acids is 9. The van der Waals surface area contributed by atoms with E-state index >= 15 is 9.59 Å². The van der Waals surface area contributed by atoms with Crippen molar-refractivity contribution in [3.05, 3.63) is 65.8 Å². The number of aliphatic imine (C=N–C) groups is 1. The monoisotopic (exact) mass is 1210 g/mol. The molecule has 0 spiro atoms. The standard InChI is InChI=1S/C58H84N18O11/c1-7-30(6)20-39-52(81)73-45(29(4)5)54(83)72-41-23-34-33-15-14-31(44(28(2)3)47(56(85)71-39)75-50(79)36-16-17-43(77)66-36)21-38(33)67-48(34)76-25-32(65-27-76)22-40(70-49(78)35(68-51(41)80)13-11-19-63-58(60)61)53(82)74-46(42-24-62-26-64-42)55(84)69-37(57(86)87)12-9-8-10-18-59/h14-15,21,24-30,35-37,39-41,44-47,67H,7-13,16-20,22-23,59H2,1-6H3,(H,62,64)(H,66,77)(H,68,80)(H,69,84)(H,70,78)(H,71,85)(H,72,83)(H,73,81)(H,74,82)(H,75,79)(H,86,87)(H4,60,61,63)/t30?,35-,36-,37-,39-,40?,41-,44+,45-,46-,47-/m0/s1. The van der Waals surface area contributed by atoms with Crippen LogP contribution in [0.15, 0.2) is 48.2 Å². The van der Waals surface area contributed by atoms with Gasteiger partial charge in [-0.05, 0) is 74.5 Å². The SMILES string of the molecule is CCC(C)C[C@@H]1NC(=O)[C@@H](NC(=O)[C@@H]2CCC(=O)N2)[C@H](C(C)C)c2ccc3c4c([nH]c3c2)-n2cnc(c2)CC(C(=O)N[C@H](C(=O)N[C@@H](CCCCCN)C(=O)O)c2cnc[nH]2)NC(=O)[C@H](CCCN=C(N)N)NC(=O)[C@H](C4)NC(=O)[C@H](C(C)C)NC1=O. The van der Waals surface area contributed by atoms with Gasteiger partial charge in [0.05, 0.1) is 23.9 Å². The zero-order valence-electron chi connectivity index (χ0n) is 50.0. The van der Waals surface area contributed by atoms with Gasteiger partial charge in [-0.2, -0.15) is 0 Å². The number of nitrogens with two attached hydrogens (primary N) is 3. The van der Waals surface area contributed by atoms with E-state index in [1.165, 1.54) is 18.9 Å². The molecule has 29 heteroatoms. The fourth-order valence-corrected chi connectivity index (χ4v) is 11.2. The van der Waals surface area contributed by atoms with Crippen molar-refractivity contribution in [2.45, 2.75) is 179 Å². The van der Waals surface area contributed by atoms with Crippen molar-refractivity contribution in [1.29, 1.82) is 0 Å². The number of nitrogens with one attached hydrogen (secondary N) is 11. The zero-order valence-corrected chi connectivity index (χ0v) is 50.0. The lowest BCUT2D eigenvalue weighted by Crippen LogP contribution is -2.61. The maximum Gasteiger partial charge on any atom is 0.326 e. The number of H-pyrrole nitrogens is 2. The number of benzene rings is 1. The van der Waals surface area contributed by atoms with Gasteiger partial charge in [-0.15, -0.1) is 0 Å². The summed E-state index contributed by atoms with van der Waals surface area (Å²) in [6.45, 7) is 11.4. The number of guanidine groups is 1. The quantitative estimate of drug-likeness (QED) is 0.0198. The van der Waals surface area contributed by atoms with Crippen LogP contribution in [0, 0.1) is 17.8 Å². The number of carbonyl (C=O) groups is 10. The molecule has 4 aromatic rings. The third-order valence-corrected chi connectivity index (χ3v) is 16.2. The first kappa shape index (κ1) is 65.6. The van der Waals surface area contributed by atoms with Crippen molar-refractivity contribution in [2.24, 2.45) is 39.9 Å². The number of imidazole rings is 2. The molecule has 7 bridgehead atoms. The lowest BCUT2D eigenvalue weighted by Gasteiger charge is -2.33. The minimum Gasteiger partial charge on any atom is -0.480 e. The molecule has 1 saturated heterocycles. The number of carboxylic acids is 1. The van der Waals surface area contributed by atoms with Gasteiger partial charge in [0.2, 0.25) is 53.2 Å². The fourth-order valence-electron chi connectivity index (χ4n) is 11.2. The summed E-state index contributed by atoms with van der Waals surface area (Å²) in [6.07, 6.45) is 7.94. The summed E-state index contributed by atoms with van der Waals surface area (Å²) in [5, 5.41) is 35.7. The molecule has 0 saturated carbocycles. The first-order valence-corrected chi connectivity index (χ1v) is 29.8. The molecule has 0 radical (unpaired) electrons. The molecular weight excluding hydrogens is 1120 g/mol. The van der Waals surface area contributed by atoms with Gasteiger partial charge in [0.25, 0.3) is 0 Å². The molecule has 2 unspecified atom stereocenters. The molecule has 87 heavy (non-hydrogen) atoms. The first-order chi connectivity index (χ1) is 41.5. The highest BCUT2D eigenvalue weighted by Crippen LogP contribution is 2.35. The third-order valence-electron chi connectivity index (χ3n) is 16.2. The summed E-state index contributed by atoms with van der Waals surface area (Å²) < 4.78 is 1.61. The second-order valence-corrected chi connectivity index (χ2v) is 23.5. The van der Waals surface area contributed by atoms with E-state index in [0.717, 1.165) is 0 Å². The van der Waals surface area contributed by atoms with Crippen molar-refractivity contribution in [3.8, 4) is 5.82 Å².